The molecule has 0 aliphatic rings. The van der Waals surface area contributed by atoms with E-state index in [4.69, 9.17) is 15.2 Å². The third-order valence-electron chi connectivity index (χ3n) is 3.22. The molecule has 0 aliphatic heterocycles. The van der Waals surface area contributed by atoms with Crippen LogP contribution in [0.3, 0.4) is 0 Å². The minimum atomic E-state index is -0.0227. The van der Waals surface area contributed by atoms with E-state index in [1.54, 1.807) is 13.3 Å². The Hall–Kier alpha value is -2.01. The Morgan fingerprint density at radius 1 is 1.35 bits per heavy atom. The van der Waals surface area contributed by atoms with Crippen LogP contribution in [0.1, 0.15) is 24.4 Å². The van der Waals surface area contributed by atoms with Gasteiger partial charge >= 0.3 is 0 Å². The molecule has 20 heavy (non-hydrogen) atoms. The van der Waals surface area contributed by atoms with Gasteiger partial charge in [0, 0.05) is 31.9 Å². The lowest BCUT2D eigenvalue weighted by molar-refractivity contribution is 0.294. The minimum absolute atomic E-state index is 0.0227. The molecule has 2 N–H and O–H groups in total. The summed E-state index contributed by atoms with van der Waals surface area (Å²) in [6.45, 7) is 2.50. The molecule has 2 rings (SSSR count). The summed E-state index contributed by atoms with van der Waals surface area (Å²) < 4.78 is 13.1. The average Bonchev–Trinajstić information content (AvgIpc) is 2.84. The minimum Gasteiger partial charge on any atom is -0.493 e. The van der Waals surface area contributed by atoms with Crippen molar-refractivity contribution in [1.29, 1.82) is 0 Å². The normalized spacial score (nSPS) is 12.2. The van der Waals surface area contributed by atoms with Crippen LogP contribution in [0.5, 0.6) is 11.5 Å². The molecule has 5 heteroatoms. The highest BCUT2D eigenvalue weighted by Gasteiger charge is 2.08. The molecule has 0 amide bonds. The van der Waals surface area contributed by atoms with E-state index in [1.807, 2.05) is 42.9 Å². The second kappa shape index (κ2) is 6.43. The van der Waals surface area contributed by atoms with Gasteiger partial charge < -0.3 is 19.8 Å². The molecule has 1 unspecified atom stereocenters. The molecule has 0 saturated heterocycles. The number of imidazole rings is 1. The van der Waals surface area contributed by atoms with Crippen molar-refractivity contribution in [2.75, 3.05) is 13.7 Å². The lowest BCUT2D eigenvalue weighted by atomic mass is 10.1. The van der Waals surface area contributed by atoms with Crippen molar-refractivity contribution in [3.63, 3.8) is 0 Å². The smallest absolute Gasteiger partial charge is 0.161 e. The van der Waals surface area contributed by atoms with Crippen molar-refractivity contribution < 1.29 is 9.47 Å². The fourth-order valence-corrected chi connectivity index (χ4v) is 1.98. The van der Waals surface area contributed by atoms with Gasteiger partial charge in [-0.2, -0.15) is 0 Å². The molecule has 108 valence electrons. The number of aryl methyl sites for hydroxylation is 1. The average molecular weight is 275 g/mol. The lowest BCUT2D eigenvalue weighted by Gasteiger charge is -2.13. The zero-order valence-corrected chi connectivity index (χ0v) is 12.2. The van der Waals surface area contributed by atoms with Crippen LogP contribution in [0.4, 0.5) is 0 Å². The Morgan fingerprint density at radius 2 is 2.15 bits per heavy atom. The van der Waals surface area contributed by atoms with Gasteiger partial charge in [0.2, 0.25) is 0 Å². The van der Waals surface area contributed by atoms with Crippen LogP contribution >= 0.6 is 0 Å². The highest BCUT2D eigenvalue weighted by molar-refractivity contribution is 5.43. The van der Waals surface area contributed by atoms with Crippen molar-refractivity contribution >= 4 is 0 Å². The summed E-state index contributed by atoms with van der Waals surface area (Å²) in [5, 5.41) is 0. The van der Waals surface area contributed by atoms with Gasteiger partial charge in [0.05, 0.1) is 13.7 Å². The molecule has 0 bridgehead atoms. The van der Waals surface area contributed by atoms with Crippen LogP contribution < -0.4 is 15.2 Å². The van der Waals surface area contributed by atoms with Gasteiger partial charge in [-0.3, -0.25) is 0 Å². The standard InChI is InChI=1S/C15H21N3O2/c1-11(16)12-4-5-13(14(10-12)19-3)20-9-6-15-17-7-8-18(15)2/h4-5,7-8,10-11H,6,9,16H2,1-3H3. The van der Waals surface area contributed by atoms with Gasteiger partial charge in [0.1, 0.15) is 5.82 Å². The van der Waals surface area contributed by atoms with Gasteiger partial charge in [0.25, 0.3) is 0 Å². The van der Waals surface area contributed by atoms with Crippen molar-refractivity contribution in [1.82, 2.24) is 9.55 Å². The maximum Gasteiger partial charge on any atom is 0.161 e. The Kier molecular flexibility index (Phi) is 4.63. The lowest BCUT2D eigenvalue weighted by Crippen LogP contribution is -2.08. The van der Waals surface area contributed by atoms with E-state index in [0.717, 1.165) is 23.6 Å². The quantitative estimate of drug-likeness (QED) is 0.876. The molecule has 0 spiro atoms. The maximum atomic E-state index is 5.86. The fraction of sp³-hybridized carbons (Fsp3) is 0.400. The molecule has 0 radical (unpaired) electrons. The third kappa shape index (κ3) is 3.30. The first kappa shape index (κ1) is 14.4. The van der Waals surface area contributed by atoms with Crippen molar-refractivity contribution in [2.24, 2.45) is 12.8 Å². The third-order valence-corrected chi connectivity index (χ3v) is 3.22. The summed E-state index contributed by atoms with van der Waals surface area (Å²) in [7, 11) is 3.60. The van der Waals surface area contributed by atoms with Crippen molar-refractivity contribution in [3.05, 3.63) is 42.0 Å². The summed E-state index contributed by atoms with van der Waals surface area (Å²) in [4.78, 5) is 4.26. The van der Waals surface area contributed by atoms with E-state index in [2.05, 4.69) is 4.98 Å². The largest absolute Gasteiger partial charge is 0.493 e. The Morgan fingerprint density at radius 3 is 2.75 bits per heavy atom. The number of ether oxygens (including phenoxy) is 2. The summed E-state index contributed by atoms with van der Waals surface area (Å²) in [6.07, 6.45) is 4.46. The second-order valence-corrected chi connectivity index (χ2v) is 4.75. The number of nitrogens with two attached hydrogens (primary N) is 1. The van der Waals surface area contributed by atoms with Gasteiger partial charge in [-0.05, 0) is 24.6 Å². The van der Waals surface area contributed by atoms with Crippen molar-refractivity contribution in [2.45, 2.75) is 19.4 Å². The molecule has 0 fully saturated rings. The van der Waals surface area contributed by atoms with Crippen LogP contribution in [-0.2, 0) is 13.5 Å². The van der Waals surface area contributed by atoms with Crippen LogP contribution in [0, 0.1) is 0 Å². The predicted molar refractivity (Wildman–Crippen MR) is 78.0 cm³/mol. The zero-order chi connectivity index (χ0) is 14.5. The van der Waals surface area contributed by atoms with E-state index in [1.165, 1.54) is 0 Å². The Bertz CT molecular complexity index is 564. The number of nitrogens with zero attached hydrogens (tertiary/aromatic N) is 2. The molecule has 1 atom stereocenters. The van der Waals surface area contributed by atoms with Gasteiger partial charge in [-0.15, -0.1) is 0 Å². The van der Waals surface area contributed by atoms with Crippen LogP contribution in [0.25, 0.3) is 0 Å². The molecule has 1 heterocycles. The molecule has 2 aromatic rings. The molecule has 1 aromatic heterocycles. The molecule has 5 nitrogen and oxygen atoms in total. The number of hydrogen-bond acceptors (Lipinski definition) is 4. The van der Waals surface area contributed by atoms with Gasteiger partial charge in [0.15, 0.2) is 11.5 Å². The molecule has 0 aliphatic carbocycles. The predicted octanol–water partition coefficient (Wildman–Crippen LogP) is 2.07. The number of aromatic nitrogens is 2. The second-order valence-electron chi connectivity index (χ2n) is 4.75. The molecular formula is C15H21N3O2. The van der Waals surface area contributed by atoms with Crippen LogP contribution in [0.2, 0.25) is 0 Å². The summed E-state index contributed by atoms with van der Waals surface area (Å²) in [5.74, 6) is 2.43. The SMILES string of the molecule is COc1cc(C(C)N)ccc1OCCc1nccn1C. The molecule has 0 saturated carbocycles. The van der Waals surface area contributed by atoms with E-state index in [9.17, 15) is 0 Å². The van der Waals surface area contributed by atoms with Crippen molar-refractivity contribution in [3.8, 4) is 11.5 Å². The number of rotatable bonds is 6. The van der Waals surface area contributed by atoms with E-state index < -0.39 is 0 Å². The molecule has 1 aromatic carbocycles. The molecular weight excluding hydrogens is 254 g/mol. The van der Waals surface area contributed by atoms with Gasteiger partial charge in [-0.25, -0.2) is 4.98 Å². The number of methoxy groups -OCH3 is 1. The monoisotopic (exact) mass is 275 g/mol. The maximum absolute atomic E-state index is 5.86. The highest BCUT2D eigenvalue weighted by atomic mass is 16.5. The summed E-state index contributed by atoms with van der Waals surface area (Å²) in [5.41, 5.74) is 6.89. The topological polar surface area (TPSA) is 62.3 Å². The van der Waals surface area contributed by atoms with E-state index in [-0.39, 0.29) is 6.04 Å². The first-order valence-corrected chi connectivity index (χ1v) is 6.64. The summed E-state index contributed by atoms with van der Waals surface area (Å²) in [6, 6.07) is 5.76. The van der Waals surface area contributed by atoms with E-state index >= 15 is 0 Å². The number of hydrogen-bond donors (Lipinski definition) is 1. The first-order valence-electron chi connectivity index (χ1n) is 6.64. The zero-order valence-electron chi connectivity index (χ0n) is 12.2. The Balaban J connectivity index is 2.00. The highest BCUT2D eigenvalue weighted by Crippen LogP contribution is 2.29. The summed E-state index contributed by atoms with van der Waals surface area (Å²) >= 11 is 0. The fourth-order valence-electron chi connectivity index (χ4n) is 1.98. The van der Waals surface area contributed by atoms with Gasteiger partial charge in [-0.1, -0.05) is 6.07 Å². The van der Waals surface area contributed by atoms with Crippen LogP contribution in [0.15, 0.2) is 30.6 Å². The van der Waals surface area contributed by atoms with E-state index in [0.29, 0.717) is 12.4 Å². The van der Waals surface area contributed by atoms with Crippen LogP contribution in [-0.4, -0.2) is 23.3 Å². The number of benzene rings is 1. The Labute approximate surface area is 119 Å². The first-order chi connectivity index (χ1) is 9.61.